The van der Waals surface area contributed by atoms with Gasteiger partial charge in [0.2, 0.25) is 0 Å². The Labute approximate surface area is 200 Å². The molecule has 2 N–H and O–H groups in total. The maximum atomic E-state index is 12.4. The summed E-state index contributed by atoms with van der Waals surface area (Å²) in [6.45, 7) is 2.02. The lowest BCUT2D eigenvalue weighted by Gasteiger charge is -2.10. The van der Waals surface area contributed by atoms with Crippen LogP contribution in [0.5, 0.6) is 11.5 Å². The summed E-state index contributed by atoms with van der Waals surface area (Å²) < 4.78 is 6.97. The molecule has 2 heterocycles. The van der Waals surface area contributed by atoms with Crippen LogP contribution in [-0.4, -0.2) is 49.8 Å². The number of para-hydroxylation sites is 1. The second-order valence-electron chi connectivity index (χ2n) is 7.19. The van der Waals surface area contributed by atoms with Gasteiger partial charge in [0.25, 0.3) is 5.91 Å². The molecule has 10 heteroatoms. The van der Waals surface area contributed by atoms with Gasteiger partial charge in [-0.25, -0.2) is 5.43 Å². The van der Waals surface area contributed by atoms with E-state index >= 15 is 0 Å². The summed E-state index contributed by atoms with van der Waals surface area (Å²) >= 11 is 1.24. The first-order chi connectivity index (χ1) is 16.6. The number of aryl methyl sites for hydroxylation is 1. The Morgan fingerprint density at radius 1 is 1.15 bits per heavy atom. The lowest BCUT2D eigenvalue weighted by Crippen LogP contribution is -2.20. The summed E-state index contributed by atoms with van der Waals surface area (Å²) in [5.41, 5.74) is 5.77. The van der Waals surface area contributed by atoms with E-state index in [0.29, 0.717) is 22.3 Å². The normalized spacial score (nSPS) is 11.0. The number of aromatic nitrogens is 4. The minimum Gasteiger partial charge on any atom is -0.504 e. The number of carbonyl (C=O) groups excluding carboxylic acids is 1. The number of pyridine rings is 1. The third-order valence-corrected chi connectivity index (χ3v) is 5.77. The number of aromatic hydroxyl groups is 1. The highest BCUT2D eigenvalue weighted by atomic mass is 32.2. The van der Waals surface area contributed by atoms with Crippen molar-refractivity contribution in [1.82, 2.24) is 25.2 Å². The molecule has 0 aliphatic heterocycles. The molecule has 0 atom stereocenters. The number of hydrazone groups is 1. The molecule has 0 unspecified atom stereocenters. The predicted molar refractivity (Wildman–Crippen MR) is 130 cm³/mol. The second-order valence-corrected chi connectivity index (χ2v) is 8.14. The largest absolute Gasteiger partial charge is 0.504 e. The molecule has 0 fully saturated rings. The molecule has 4 rings (SSSR count). The number of phenols is 1. The number of rotatable bonds is 8. The highest BCUT2D eigenvalue weighted by Crippen LogP contribution is 2.29. The first-order valence-corrected chi connectivity index (χ1v) is 11.3. The van der Waals surface area contributed by atoms with E-state index in [-0.39, 0.29) is 17.4 Å². The number of hydrogen-bond acceptors (Lipinski definition) is 8. The monoisotopic (exact) mass is 474 g/mol. The Hall–Kier alpha value is -4.18. The van der Waals surface area contributed by atoms with Crippen molar-refractivity contribution in [3.8, 4) is 28.6 Å². The van der Waals surface area contributed by atoms with Crippen molar-refractivity contribution in [3.63, 3.8) is 0 Å². The molecule has 0 aliphatic rings. The average molecular weight is 475 g/mol. The van der Waals surface area contributed by atoms with E-state index in [1.54, 1.807) is 30.6 Å². The molecule has 2 aromatic heterocycles. The minimum absolute atomic E-state index is 0.0489. The van der Waals surface area contributed by atoms with E-state index < -0.39 is 0 Å². The predicted octanol–water partition coefficient (Wildman–Crippen LogP) is 3.59. The Balaban J connectivity index is 1.49. The smallest absolute Gasteiger partial charge is 0.250 e. The van der Waals surface area contributed by atoms with Crippen molar-refractivity contribution >= 4 is 23.9 Å². The molecular weight excluding hydrogens is 452 g/mol. The van der Waals surface area contributed by atoms with Crippen LogP contribution in [0.1, 0.15) is 11.1 Å². The average Bonchev–Trinajstić information content (AvgIpc) is 3.29. The van der Waals surface area contributed by atoms with Crippen LogP contribution >= 0.6 is 11.8 Å². The van der Waals surface area contributed by atoms with Gasteiger partial charge in [-0.15, -0.1) is 10.2 Å². The highest BCUT2D eigenvalue weighted by Gasteiger charge is 2.17. The molecule has 0 spiro atoms. The molecule has 1 amide bonds. The molecule has 9 nitrogen and oxygen atoms in total. The number of benzene rings is 2. The van der Waals surface area contributed by atoms with E-state index in [0.717, 1.165) is 16.8 Å². The number of amides is 1. The fourth-order valence-electron chi connectivity index (χ4n) is 3.12. The van der Waals surface area contributed by atoms with Gasteiger partial charge in [-0.1, -0.05) is 35.5 Å². The molecule has 4 aromatic rings. The first kappa shape index (κ1) is 23.0. The standard InChI is InChI=1S/C24H22N6O3S/c1-16-6-8-19(9-7-16)30-23(17-10-12-25-13-11-17)28-29-24(30)34-15-21(31)27-26-14-18-4-3-5-20(33-2)22(18)32/h3-14,32H,15H2,1-2H3,(H,27,31)/b26-14-. The Kier molecular flexibility index (Phi) is 7.19. The Morgan fingerprint density at radius 3 is 2.65 bits per heavy atom. The molecular formula is C24H22N6O3S. The van der Waals surface area contributed by atoms with Gasteiger partial charge >= 0.3 is 0 Å². The third-order valence-electron chi connectivity index (χ3n) is 4.84. The summed E-state index contributed by atoms with van der Waals surface area (Å²) in [6, 6.07) is 16.7. The van der Waals surface area contributed by atoms with Crippen molar-refractivity contribution in [1.29, 1.82) is 0 Å². The molecule has 2 aromatic carbocycles. The number of carbonyl (C=O) groups is 1. The highest BCUT2D eigenvalue weighted by molar-refractivity contribution is 7.99. The van der Waals surface area contributed by atoms with Gasteiger partial charge < -0.3 is 9.84 Å². The topological polar surface area (TPSA) is 115 Å². The van der Waals surface area contributed by atoms with E-state index in [1.165, 1.54) is 25.1 Å². The van der Waals surface area contributed by atoms with E-state index in [1.807, 2.05) is 47.9 Å². The van der Waals surface area contributed by atoms with Gasteiger partial charge in [-0.3, -0.25) is 14.3 Å². The third kappa shape index (κ3) is 5.24. The summed E-state index contributed by atoms with van der Waals surface area (Å²) in [5, 5.41) is 23.3. The fraction of sp³-hybridized carbons (Fsp3) is 0.125. The zero-order chi connectivity index (χ0) is 23.9. The van der Waals surface area contributed by atoms with Crippen molar-refractivity contribution in [2.24, 2.45) is 5.10 Å². The lowest BCUT2D eigenvalue weighted by atomic mass is 10.2. The summed E-state index contributed by atoms with van der Waals surface area (Å²) in [6.07, 6.45) is 4.75. The number of nitrogens with zero attached hydrogens (tertiary/aromatic N) is 5. The molecule has 0 bridgehead atoms. The van der Waals surface area contributed by atoms with Crippen molar-refractivity contribution < 1.29 is 14.6 Å². The molecule has 0 saturated heterocycles. The van der Waals surface area contributed by atoms with Crippen LogP contribution in [0.2, 0.25) is 0 Å². The van der Waals surface area contributed by atoms with Crippen LogP contribution in [0.4, 0.5) is 0 Å². The van der Waals surface area contributed by atoms with Crippen LogP contribution in [0.25, 0.3) is 17.1 Å². The van der Waals surface area contributed by atoms with Crippen molar-refractivity contribution in [3.05, 3.63) is 78.1 Å². The fourth-order valence-corrected chi connectivity index (χ4v) is 3.87. The van der Waals surface area contributed by atoms with Crippen LogP contribution < -0.4 is 10.2 Å². The Morgan fingerprint density at radius 2 is 1.91 bits per heavy atom. The summed E-state index contributed by atoms with van der Waals surface area (Å²) in [5.74, 6) is 0.675. The number of ether oxygens (including phenoxy) is 1. The van der Waals surface area contributed by atoms with Gasteiger partial charge in [0.05, 0.1) is 19.1 Å². The summed E-state index contributed by atoms with van der Waals surface area (Å²) in [7, 11) is 1.46. The number of methoxy groups -OCH3 is 1. The van der Waals surface area contributed by atoms with Gasteiger partial charge in [-0.2, -0.15) is 5.10 Å². The van der Waals surface area contributed by atoms with Crippen LogP contribution in [0.15, 0.2) is 77.2 Å². The molecule has 172 valence electrons. The van der Waals surface area contributed by atoms with E-state index in [2.05, 4.69) is 25.7 Å². The van der Waals surface area contributed by atoms with Crippen LogP contribution in [0, 0.1) is 6.92 Å². The van der Waals surface area contributed by atoms with E-state index in [4.69, 9.17) is 4.74 Å². The first-order valence-electron chi connectivity index (χ1n) is 10.3. The summed E-state index contributed by atoms with van der Waals surface area (Å²) in [4.78, 5) is 16.5. The van der Waals surface area contributed by atoms with Crippen LogP contribution in [-0.2, 0) is 4.79 Å². The second kappa shape index (κ2) is 10.6. The van der Waals surface area contributed by atoms with Crippen molar-refractivity contribution in [2.45, 2.75) is 12.1 Å². The quantitative estimate of drug-likeness (QED) is 0.228. The van der Waals surface area contributed by atoms with Gasteiger partial charge in [0.1, 0.15) is 0 Å². The van der Waals surface area contributed by atoms with Gasteiger partial charge in [0.15, 0.2) is 22.5 Å². The molecule has 34 heavy (non-hydrogen) atoms. The SMILES string of the molecule is COc1cccc(/C=N\NC(=O)CSc2nnc(-c3ccncc3)n2-c2ccc(C)cc2)c1O. The maximum Gasteiger partial charge on any atom is 0.250 e. The Bertz CT molecular complexity index is 1310. The van der Waals surface area contributed by atoms with Crippen LogP contribution in [0.3, 0.4) is 0 Å². The zero-order valence-corrected chi connectivity index (χ0v) is 19.4. The van der Waals surface area contributed by atoms with E-state index in [9.17, 15) is 9.90 Å². The number of phenolic OH excluding ortho intramolecular Hbond substituents is 1. The number of thioether (sulfide) groups is 1. The molecule has 0 radical (unpaired) electrons. The zero-order valence-electron chi connectivity index (χ0n) is 18.5. The van der Waals surface area contributed by atoms with Gasteiger partial charge in [-0.05, 0) is 43.3 Å². The minimum atomic E-state index is -0.326. The molecule has 0 saturated carbocycles. The van der Waals surface area contributed by atoms with Gasteiger partial charge in [0, 0.05) is 29.2 Å². The maximum absolute atomic E-state index is 12.4. The van der Waals surface area contributed by atoms with Crippen molar-refractivity contribution in [2.75, 3.05) is 12.9 Å². The number of nitrogens with one attached hydrogen (secondary N) is 1. The number of hydrogen-bond donors (Lipinski definition) is 2. The molecule has 0 aliphatic carbocycles. The lowest BCUT2D eigenvalue weighted by molar-refractivity contribution is -0.118.